The van der Waals surface area contributed by atoms with Crippen molar-refractivity contribution in [3.8, 4) is 11.1 Å². The lowest BCUT2D eigenvalue weighted by molar-refractivity contribution is 0.0372. The molecule has 0 unspecified atom stereocenters. The largest absolute Gasteiger partial charge is 0.458 e. The van der Waals surface area contributed by atoms with Crippen LogP contribution >= 0.6 is 0 Å². The molecule has 4 aromatic rings. The fourth-order valence-electron chi connectivity index (χ4n) is 3.71. The second-order valence-electron chi connectivity index (χ2n) is 8.26. The van der Waals surface area contributed by atoms with Crippen LogP contribution < -0.4 is 5.32 Å². The third-order valence-corrected chi connectivity index (χ3v) is 5.31. The van der Waals surface area contributed by atoms with Gasteiger partial charge in [-0.05, 0) is 68.7 Å². The van der Waals surface area contributed by atoms with Crippen molar-refractivity contribution in [2.45, 2.75) is 33.8 Å². The number of nitrogens with one attached hydrogen (secondary N) is 2. The molecule has 0 fully saturated rings. The Labute approximate surface area is 187 Å². The number of amides is 1. The van der Waals surface area contributed by atoms with E-state index in [-0.39, 0.29) is 12.0 Å². The van der Waals surface area contributed by atoms with Crippen LogP contribution in [0.4, 0.5) is 5.69 Å². The summed E-state index contributed by atoms with van der Waals surface area (Å²) in [6.07, 6.45) is -0.211. The van der Waals surface area contributed by atoms with Gasteiger partial charge in [0.15, 0.2) is 0 Å². The third-order valence-electron chi connectivity index (χ3n) is 5.31. The summed E-state index contributed by atoms with van der Waals surface area (Å²) in [6.45, 7) is 7.58. The average Bonchev–Trinajstić information content (AvgIpc) is 3.19. The van der Waals surface area contributed by atoms with E-state index in [4.69, 9.17) is 4.74 Å². The van der Waals surface area contributed by atoms with Crippen molar-refractivity contribution in [3.63, 3.8) is 0 Å². The number of H-pyrrole nitrogens is 1. The molecule has 1 aromatic heterocycles. The highest BCUT2D eigenvalue weighted by atomic mass is 16.5. The van der Waals surface area contributed by atoms with Gasteiger partial charge in [-0.1, -0.05) is 48.0 Å². The van der Waals surface area contributed by atoms with Crippen LogP contribution in [0.3, 0.4) is 0 Å². The number of anilines is 1. The SMILES string of the molecule is Cc1cccc(-c2ccc(C)c(C(=O)Nc3cccc4[nH]c(C(=O)OC(C)C)cc34)c2)c1. The van der Waals surface area contributed by atoms with E-state index in [1.807, 2.05) is 68.4 Å². The van der Waals surface area contributed by atoms with Crippen molar-refractivity contribution in [3.05, 3.63) is 89.1 Å². The molecule has 0 spiro atoms. The Morgan fingerprint density at radius 2 is 1.66 bits per heavy atom. The lowest BCUT2D eigenvalue weighted by Crippen LogP contribution is -2.13. The minimum atomic E-state index is -0.421. The number of aromatic nitrogens is 1. The molecule has 5 heteroatoms. The van der Waals surface area contributed by atoms with E-state index >= 15 is 0 Å². The quantitative estimate of drug-likeness (QED) is 0.370. The Kier molecular flexibility index (Phi) is 5.82. The summed E-state index contributed by atoms with van der Waals surface area (Å²) in [6, 6.07) is 21.3. The van der Waals surface area contributed by atoms with Crippen molar-refractivity contribution in [1.82, 2.24) is 4.98 Å². The predicted octanol–water partition coefficient (Wildman–Crippen LogP) is 6.27. The van der Waals surface area contributed by atoms with E-state index in [1.54, 1.807) is 19.9 Å². The molecule has 5 nitrogen and oxygen atoms in total. The van der Waals surface area contributed by atoms with Gasteiger partial charge in [0.2, 0.25) is 0 Å². The first-order chi connectivity index (χ1) is 15.3. The van der Waals surface area contributed by atoms with Gasteiger partial charge in [-0.3, -0.25) is 4.79 Å². The number of hydrogen-bond donors (Lipinski definition) is 2. The number of benzene rings is 3. The molecule has 3 aromatic carbocycles. The van der Waals surface area contributed by atoms with Crippen LogP contribution in [0.1, 0.15) is 45.8 Å². The standard InChI is InChI=1S/C27H26N2O3/c1-16(2)32-27(31)25-15-22-23(28-25)9-6-10-24(22)29-26(30)21-14-20(12-11-18(21)4)19-8-5-7-17(3)13-19/h5-16,28H,1-4H3,(H,29,30). The number of rotatable bonds is 5. The molecule has 32 heavy (non-hydrogen) atoms. The molecule has 1 heterocycles. The maximum Gasteiger partial charge on any atom is 0.355 e. The van der Waals surface area contributed by atoms with Gasteiger partial charge in [-0.2, -0.15) is 0 Å². The number of esters is 1. The molecule has 0 saturated carbocycles. The highest BCUT2D eigenvalue weighted by molar-refractivity contribution is 6.11. The lowest BCUT2D eigenvalue weighted by atomic mass is 9.98. The molecule has 0 radical (unpaired) electrons. The van der Waals surface area contributed by atoms with Gasteiger partial charge in [0.05, 0.1) is 11.8 Å². The Balaban J connectivity index is 1.65. The monoisotopic (exact) mass is 426 g/mol. The normalized spacial score (nSPS) is 11.0. The lowest BCUT2D eigenvalue weighted by Gasteiger charge is -2.11. The number of ether oxygens (including phenoxy) is 1. The van der Waals surface area contributed by atoms with Crippen LogP contribution in [0, 0.1) is 13.8 Å². The van der Waals surface area contributed by atoms with Gasteiger partial charge in [0.1, 0.15) is 5.69 Å². The smallest absolute Gasteiger partial charge is 0.355 e. The van der Waals surface area contributed by atoms with Crippen LogP contribution in [0.15, 0.2) is 66.7 Å². The van der Waals surface area contributed by atoms with E-state index < -0.39 is 5.97 Å². The Bertz CT molecular complexity index is 1320. The first kappa shape index (κ1) is 21.4. The number of carbonyl (C=O) groups is 2. The number of aryl methyl sites for hydroxylation is 2. The maximum absolute atomic E-state index is 13.2. The highest BCUT2D eigenvalue weighted by Gasteiger charge is 2.16. The molecule has 0 bridgehead atoms. The van der Waals surface area contributed by atoms with Gasteiger partial charge < -0.3 is 15.0 Å². The van der Waals surface area contributed by atoms with E-state index in [0.717, 1.165) is 27.6 Å². The van der Waals surface area contributed by atoms with Crippen LogP contribution in [-0.4, -0.2) is 23.0 Å². The van der Waals surface area contributed by atoms with Crippen LogP contribution in [0.5, 0.6) is 0 Å². The zero-order chi connectivity index (χ0) is 22.8. The minimum absolute atomic E-state index is 0.197. The molecule has 0 saturated heterocycles. The molecule has 0 atom stereocenters. The van der Waals surface area contributed by atoms with Crippen molar-refractivity contribution >= 4 is 28.5 Å². The summed E-state index contributed by atoms with van der Waals surface area (Å²) >= 11 is 0. The number of fused-ring (bicyclic) bond motifs is 1. The molecular formula is C27H26N2O3. The van der Waals surface area contributed by atoms with Crippen molar-refractivity contribution in [2.24, 2.45) is 0 Å². The van der Waals surface area contributed by atoms with E-state index in [1.165, 1.54) is 5.56 Å². The summed E-state index contributed by atoms with van der Waals surface area (Å²) in [7, 11) is 0. The maximum atomic E-state index is 13.2. The average molecular weight is 427 g/mol. The van der Waals surface area contributed by atoms with E-state index in [2.05, 4.69) is 16.4 Å². The van der Waals surface area contributed by atoms with Crippen molar-refractivity contribution in [1.29, 1.82) is 0 Å². The Morgan fingerprint density at radius 1 is 0.906 bits per heavy atom. The minimum Gasteiger partial charge on any atom is -0.458 e. The van der Waals surface area contributed by atoms with Crippen LogP contribution in [0.2, 0.25) is 0 Å². The second kappa shape index (κ2) is 8.71. The zero-order valence-electron chi connectivity index (χ0n) is 18.7. The topological polar surface area (TPSA) is 71.2 Å². The summed E-state index contributed by atoms with van der Waals surface area (Å²) in [5, 5.41) is 3.77. The van der Waals surface area contributed by atoms with E-state index in [9.17, 15) is 9.59 Å². The Morgan fingerprint density at radius 3 is 2.41 bits per heavy atom. The van der Waals surface area contributed by atoms with Gasteiger partial charge >= 0.3 is 5.97 Å². The predicted molar refractivity (Wildman–Crippen MR) is 128 cm³/mol. The van der Waals surface area contributed by atoms with Crippen molar-refractivity contribution < 1.29 is 14.3 Å². The number of hydrogen-bond acceptors (Lipinski definition) is 3. The molecule has 162 valence electrons. The zero-order valence-corrected chi connectivity index (χ0v) is 18.7. The second-order valence-corrected chi connectivity index (χ2v) is 8.26. The molecule has 4 rings (SSSR count). The third kappa shape index (κ3) is 4.42. The van der Waals surface area contributed by atoms with Gasteiger partial charge in [-0.15, -0.1) is 0 Å². The number of aromatic amines is 1. The van der Waals surface area contributed by atoms with E-state index in [0.29, 0.717) is 16.9 Å². The van der Waals surface area contributed by atoms with Crippen molar-refractivity contribution in [2.75, 3.05) is 5.32 Å². The molecular weight excluding hydrogens is 400 g/mol. The first-order valence-corrected chi connectivity index (χ1v) is 10.6. The molecule has 0 aliphatic rings. The molecule has 0 aliphatic carbocycles. The Hall–Kier alpha value is -3.86. The highest BCUT2D eigenvalue weighted by Crippen LogP contribution is 2.27. The summed E-state index contributed by atoms with van der Waals surface area (Å²) in [5.41, 5.74) is 6.46. The summed E-state index contributed by atoms with van der Waals surface area (Å²) < 4.78 is 5.28. The van der Waals surface area contributed by atoms with Gasteiger partial charge in [-0.25, -0.2) is 4.79 Å². The summed E-state index contributed by atoms with van der Waals surface area (Å²) in [5.74, 6) is -0.618. The van der Waals surface area contributed by atoms with Gasteiger partial charge in [0.25, 0.3) is 5.91 Å². The first-order valence-electron chi connectivity index (χ1n) is 10.6. The summed E-state index contributed by atoms with van der Waals surface area (Å²) in [4.78, 5) is 28.6. The molecule has 2 N–H and O–H groups in total. The van der Waals surface area contributed by atoms with Crippen LogP contribution in [0.25, 0.3) is 22.0 Å². The fourth-order valence-corrected chi connectivity index (χ4v) is 3.71. The number of carbonyl (C=O) groups excluding carboxylic acids is 2. The van der Waals surface area contributed by atoms with Crippen LogP contribution in [-0.2, 0) is 4.74 Å². The van der Waals surface area contributed by atoms with Gasteiger partial charge in [0, 0.05) is 16.5 Å². The molecule has 0 aliphatic heterocycles. The molecule has 1 amide bonds. The fraction of sp³-hybridized carbons (Fsp3) is 0.185.